The van der Waals surface area contributed by atoms with Crippen LogP contribution in [0.25, 0.3) is 38.7 Å². The van der Waals surface area contributed by atoms with Gasteiger partial charge in [0.15, 0.2) is 5.65 Å². The van der Waals surface area contributed by atoms with Crippen molar-refractivity contribution in [1.29, 1.82) is 0 Å². The zero-order chi connectivity index (χ0) is 23.3. The smallest absolute Gasteiger partial charge is 0.221 e. The molecule has 34 heavy (non-hydrogen) atoms. The molecule has 0 bridgehead atoms. The van der Waals surface area contributed by atoms with Crippen LogP contribution in [0.3, 0.4) is 0 Å². The van der Waals surface area contributed by atoms with Crippen LogP contribution in [0.2, 0.25) is 0 Å². The van der Waals surface area contributed by atoms with E-state index in [4.69, 9.17) is 21.2 Å². The SMILES string of the molecule is NC(=O)Cc1ccc(-c2cnn3cc(-c4ccc(C5(N)COC5)cc4)cnc23)c2ccccc12. The highest BCUT2D eigenvalue weighted by atomic mass is 16.5. The largest absolute Gasteiger partial charge is 0.377 e. The van der Waals surface area contributed by atoms with E-state index in [2.05, 4.69) is 29.4 Å². The molecule has 0 aliphatic carbocycles. The molecule has 4 N–H and O–H groups in total. The van der Waals surface area contributed by atoms with Crippen molar-refractivity contribution in [2.45, 2.75) is 12.0 Å². The minimum absolute atomic E-state index is 0.203. The molecule has 6 rings (SSSR count). The third-order valence-electron chi connectivity index (χ3n) is 6.54. The van der Waals surface area contributed by atoms with E-state index in [9.17, 15) is 4.79 Å². The van der Waals surface area contributed by atoms with E-state index in [0.717, 1.165) is 49.8 Å². The number of primary amides is 1. The van der Waals surface area contributed by atoms with E-state index >= 15 is 0 Å². The molecule has 1 aliphatic heterocycles. The number of fused-ring (bicyclic) bond motifs is 2. The highest BCUT2D eigenvalue weighted by molar-refractivity contribution is 6.02. The van der Waals surface area contributed by atoms with E-state index in [-0.39, 0.29) is 17.9 Å². The molecule has 2 aromatic heterocycles. The number of aromatic nitrogens is 3. The highest BCUT2D eigenvalue weighted by Crippen LogP contribution is 2.34. The zero-order valence-corrected chi connectivity index (χ0v) is 18.4. The van der Waals surface area contributed by atoms with Gasteiger partial charge in [0.2, 0.25) is 5.91 Å². The maximum absolute atomic E-state index is 11.5. The Kier molecular flexibility index (Phi) is 4.69. The number of carbonyl (C=O) groups is 1. The van der Waals surface area contributed by atoms with Gasteiger partial charge in [0, 0.05) is 23.5 Å². The predicted molar refractivity (Wildman–Crippen MR) is 131 cm³/mol. The molecular weight excluding hydrogens is 426 g/mol. The predicted octanol–water partition coefficient (Wildman–Crippen LogP) is 3.43. The Labute approximate surface area is 196 Å². The number of nitrogens with two attached hydrogens (primary N) is 2. The molecule has 0 spiro atoms. The normalized spacial score (nSPS) is 14.9. The summed E-state index contributed by atoms with van der Waals surface area (Å²) in [6, 6.07) is 20.2. The van der Waals surface area contributed by atoms with E-state index in [1.54, 1.807) is 4.52 Å². The molecule has 7 heteroatoms. The summed E-state index contributed by atoms with van der Waals surface area (Å²) in [5, 5.41) is 6.62. The first-order chi connectivity index (χ1) is 16.5. The fourth-order valence-electron chi connectivity index (χ4n) is 4.64. The minimum Gasteiger partial charge on any atom is -0.377 e. The Hall–Kier alpha value is -4.07. The van der Waals surface area contributed by atoms with E-state index in [0.29, 0.717) is 13.2 Å². The minimum atomic E-state index is -0.382. The van der Waals surface area contributed by atoms with Gasteiger partial charge >= 0.3 is 0 Å². The van der Waals surface area contributed by atoms with Gasteiger partial charge in [0.05, 0.1) is 31.4 Å². The topological polar surface area (TPSA) is 109 Å². The van der Waals surface area contributed by atoms with Crippen molar-refractivity contribution in [3.63, 3.8) is 0 Å². The van der Waals surface area contributed by atoms with Crippen LogP contribution >= 0.6 is 0 Å². The molecule has 1 amide bonds. The van der Waals surface area contributed by atoms with Crippen LogP contribution in [-0.2, 0) is 21.5 Å². The summed E-state index contributed by atoms with van der Waals surface area (Å²) in [6.07, 6.45) is 5.88. The van der Waals surface area contributed by atoms with Gasteiger partial charge in [-0.05, 0) is 33.0 Å². The molecule has 0 saturated carbocycles. The molecule has 1 saturated heterocycles. The van der Waals surface area contributed by atoms with Crippen LogP contribution in [0.1, 0.15) is 11.1 Å². The molecule has 168 valence electrons. The number of hydrogen-bond acceptors (Lipinski definition) is 5. The summed E-state index contributed by atoms with van der Waals surface area (Å²) >= 11 is 0. The molecule has 1 fully saturated rings. The highest BCUT2D eigenvalue weighted by Gasteiger charge is 2.35. The van der Waals surface area contributed by atoms with Gasteiger partial charge in [-0.25, -0.2) is 9.50 Å². The molecule has 0 atom stereocenters. The molecule has 5 aromatic rings. The van der Waals surface area contributed by atoms with Crippen LogP contribution in [0.15, 0.2) is 79.3 Å². The third kappa shape index (κ3) is 3.34. The Morgan fingerprint density at radius 3 is 2.41 bits per heavy atom. The monoisotopic (exact) mass is 449 g/mol. The lowest BCUT2D eigenvalue weighted by atomic mass is 9.88. The van der Waals surface area contributed by atoms with Gasteiger partial charge in [0.25, 0.3) is 0 Å². The first-order valence-electron chi connectivity index (χ1n) is 11.1. The molecular formula is C27H23N5O2. The van der Waals surface area contributed by atoms with Crippen molar-refractivity contribution in [1.82, 2.24) is 14.6 Å². The van der Waals surface area contributed by atoms with Gasteiger partial charge in [0.1, 0.15) is 0 Å². The van der Waals surface area contributed by atoms with Crippen molar-refractivity contribution in [2.24, 2.45) is 11.5 Å². The molecule has 3 aromatic carbocycles. The number of rotatable bonds is 5. The van der Waals surface area contributed by atoms with E-state index < -0.39 is 0 Å². The zero-order valence-electron chi connectivity index (χ0n) is 18.4. The summed E-state index contributed by atoms with van der Waals surface area (Å²) in [7, 11) is 0. The summed E-state index contributed by atoms with van der Waals surface area (Å²) < 4.78 is 7.08. The van der Waals surface area contributed by atoms with Gasteiger partial charge in [-0.1, -0.05) is 60.7 Å². The van der Waals surface area contributed by atoms with E-state index in [1.165, 1.54) is 0 Å². The first-order valence-corrected chi connectivity index (χ1v) is 11.1. The lowest BCUT2D eigenvalue weighted by Gasteiger charge is -2.38. The quantitative estimate of drug-likeness (QED) is 0.427. The molecule has 0 unspecified atom stereocenters. The summed E-state index contributed by atoms with van der Waals surface area (Å²) in [4.78, 5) is 16.3. The second kappa shape index (κ2) is 7.76. The second-order valence-corrected chi connectivity index (χ2v) is 8.86. The van der Waals surface area contributed by atoms with Crippen LogP contribution in [0, 0.1) is 0 Å². The number of ether oxygens (including phenoxy) is 1. The Balaban J connectivity index is 1.39. The maximum Gasteiger partial charge on any atom is 0.221 e. The van der Waals surface area contributed by atoms with Gasteiger partial charge in [-0.15, -0.1) is 0 Å². The van der Waals surface area contributed by atoms with Gasteiger partial charge < -0.3 is 16.2 Å². The maximum atomic E-state index is 11.5. The number of amides is 1. The van der Waals surface area contributed by atoms with Crippen molar-refractivity contribution in [3.8, 4) is 22.3 Å². The summed E-state index contributed by atoms with van der Waals surface area (Å²) in [5.41, 5.74) is 18.1. The van der Waals surface area contributed by atoms with Crippen molar-refractivity contribution in [3.05, 3.63) is 90.4 Å². The number of carbonyl (C=O) groups excluding carboxylic acids is 1. The van der Waals surface area contributed by atoms with Crippen LogP contribution in [0.5, 0.6) is 0 Å². The molecule has 0 radical (unpaired) electrons. The standard InChI is InChI=1S/C27H23N5O2/c28-25(33)11-18-7-10-23(22-4-2-1-3-21(18)22)24-13-31-32-14-19(12-30-26(24)32)17-5-8-20(9-6-17)27(29)15-34-16-27/h1-10,12-14H,11,15-16,29H2,(H2,28,33). The number of hydrogen-bond donors (Lipinski definition) is 2. The third-order valence-corrected chi connectivity index (χ3v) is 6.54. The average molecular weight is 450 g/mol. The lowest BCUT2D eigenvalue weighted by molar-refractivity contribution is -0.117. The molecule has 1 aliphatic rings. The Morgan fingerprint density at radius 2 is 1.71 bits per heavy atom. The molecule has 3 heterocycles. The Morgan fingerprint density at radius 1 is 0.941 bits per heavy atom. The van der Waals surface area contributed by atoms with Crippen molar-refractivity contribution in [2.75, 3.05) is 13.2 Å². The van der Waals surface area contributed by atoms with Crippen molar-refractivity contribution < 1.29 is 9.53 Å². The summed E-state index contributed by atoms with van der Waals surface area (Å²) in [5.74, 6) is -0.348. The van der Waals surface area contributed by atoms with Crippen LogP contribution in [0.4, 0.5) is 0 Å². The summed E-state index contributed by atoms with van der Waals surface area (Å²) in [6.45, 7) is 1.10. The number of benzene rings is 3. The Bertz CT molecular complexity index is 1550. The fourth-order valence-corrected chi connectivity index (χ4v) is 4.64. The molecule has 7 nitrogen and oxygen atoms in total. The lowest BCUT2D eigenvalue weighted by Crippen LogP contribution is -2.54. The fraction of sp³-hybridized carbons (Fsp3) is 0.148. The average Bonchev–Trinajstić information content (AvgIpc) is 3.26. The van der Waals surface area contributed by atoms with Gasteiger partial charge in [-0.2, -0.15) is 5.10 Å². The van der Waals surface area contributed by atoms with Gasteiger partial charge in [-0.3, -0.25) is 4.79 Å². The van der Waals surface area contributed by atoms with Crippen LogP contribution < -0.4 is 11.5 Å². The number of nitrogens with zero attached hydrogens (tertiary/aromatic N) is 3. The van der Waals surface area contributed by atoms with Crippen molar-refractivity contribution >= 4 is 22.3 Å². The first kappa shape index (κ1) is 20.5. The van der Waals surface area contributed by atoms with Crippen LogP contribution in [-0.4, -0.2) is 33.7 Å². The van der Waals surface area contributed by atoms with E-state index in [1.807, 2.05) is 55.0 Å². The second-order valence-electron chi connectivity index (χ2n) is 8.86.